The molecule has 1 aliphatic heterocycles. The number of amides is 1. The van der Waals surface area contributed by atoms with Crippen LogP contribution in [0.15, 0.2) is 24.7 Å². The number of carbonyl (C=O) groups is 2. The van der Waals surface area contributed by atoms with Gasteiger partial charge >= 0.3 is 5.97 Å². The highest BCUT2D eigenvalue weighted by molar-refractivity contribution is 5.84. The van der Waals surface area contributed by atoms with Crippen LogP contribution in [0.1, 0.15) is 23.0 Å². The van der Waals surface area contributed by atoms with E-state index < -0.39 is 5.97 Å². The van der Waals surface area contributed by atoms with Gasteiger partial charge < -0.3 is 10.0 Å². The fraction of sp³-hybridized carbons (Fsp3) is 0.417. The topological polar surface area (TPSA) is 106 Å². The summed E-state index contributed by atoms with van der Waals surface area (Å²) in [4.78, 5) is 24.4. The van der Waals surface area contributed by atoms with Gasteiger partial charge in [0.05, 0.1) is 12.2 Å². The third-order valence-corrected chi connectivity index (χ3v) is 3.43. The minimum Gasteiger partial charge on any atom is -0.476 e. The standard InChI is InChI=1S/C12H14N6O3/c19-11(2-5-17-4-1-3-13-17)16-6-9(7-16)18-8-10(12(20)21)14-15-18/h1,3-4,8-9H,2,5-7H2,(H,20,21). The van der Waals surface area contributed by atoms with Crippen LogP contribution in [-0.4, -0.2) is 59.7 Å². The molecule has 1 amide bonds. The summed E-state index contributed by atoms with van der Waals surface area (Å²) in [6.07, 6.45) is 5.27. The first-order valence-corrected chi connectivity index (χ1v) is 6.54. The van der Waals surface area contributed by atoms with Crippen LogP contribution in [0.2, 0.25) is 0 Å². The van der Waals surface area contributed by atoms with Crippen molar-refractivity contribution in [2.45, 2.75) is 19.0 Å². The van der Waals surface area contributed by atoms with E-state index in [1.165, 1.54) is 10.9 Å². The van der Waals surface area contributed by atoms with E-state index in [2.05, 4.69) is 15.4 Å². The maximum atomic E-state index is 12.0. The minimum absolute atomic E-state index is 0.000691. The fourth-order valence-corrected chi connectivity index (χ4v) is 2.18. The van der Waals surface area contributed by atoms with E-state index in [0.29, 0.717) is 26.1 Å². The van der Waals surface area contributed by atoms with E-state index in [-0.39, 0.29) is 17.6 Å². The van der Waals surface area contributed by atoms with E-state index >= 15 is 0 Å². The average molecular weight is 290 g/mol. The monoisotopic (exact) mass is 290 g/mol. The zero-order valence-electron chi connectivity index (χ0n) is 11.2. The van der Waals surface area contributed by atoms with Crippen LogP contribution >= 0.6 is 0 Å². The molecule has 0 radical (unpaired) electrons. The second-order valence-corrected chi connectivity index (χ2v) is 4.86. The van der Waals surface area contributed by atoms with E-state index in [9.17, 15) is 9.59 Å². The number of likely N-dealkylation sites (tertiary alicyclic amines) is 1. The summed E-state index contributed by atoms with van der Waals surface area (Å²) in [5.41, 5.74) is -0.0848. The Morgan fingerprint density at radius 1 is 1.38 bits per heavy atom. The Morgan fingerprint density at radius 3 is 2.81 bits per heavy atom. The highest BCUT2D eigenvalue weighted by Crippen LogP contribution is 2.21. The van der Waals surface area contributed by atoms with Crippen LogP contribution in [0, 0.1) is 0 Å². The molecule has 1 N–H and O–H groups in total. The lowest BCUT2D eigenvalue weighted by Gasteiger charge is -2.38. The van der Waals surface area contributed by atoms with Crippen LogP contribution in [0.3, 0.4) is 0 Å². The number of hydrogen-bond donors (Lipinski definition) is 1. The number of carbonyl (C=O) groups excluding carboxylic acids is 1. The van der Waals surface area contributed by atoms with Crippen LogP contribution in [0.5, 0.6) is 0 Å². The quantitative estimate of drug-likeness (QED) is 0.806. The van der Waals surface area contributed by atoms with Gasteiger partial charge in [0.1, 0.15) is 0 Å². The summed E-state index contributed by atoms with van der Waals surface area (Å²) >= 11 is 0. The molecule has 1 fully saturated rings. The Bertz CT molecular complexity index is 644. The predicted octanol–water partition coefficient (Wildman–Crippen LogP) is -0.354. The lowest BCUT2D eigenvalue weighted by atomic mass is 10.1. The molecule has 110 valence electrons. The molecule has 2 aromatic rings. The summed E-state index contributed by atoms with van der Waals surface area (Å²) in [6.45, 7) is 1.61. The number of carboxylic acids is 1. The normalized spacial score (nSPS) is 15.0. The molecule has 0 bridgehead atoms. The number of aromatic nitrogens is 5. The van der Waals surface area contributed by atoms with Gasteiger partial charge in [0.15, 0.2) is 5.69 Å². The van der Waals surface area contributed by atoms with Crippen molar-refractivity contribution < 1.29 is 14.7 Å². The third kappa shape index (κ3) is 2.76. The van der Waals surface area contributed by atoms with Crippen molar-refractivity contribution in [3.8, 4) is 0 Å². The lowest BCUT2D eigenvalue weighted by molar-refractivity contribution is -0.137. The molecule has 3 rings (SSSR count). The molecule has 0 unspecified atom stereocenters. The van der Waals surface area contributed by atoms with Gasteiger partial charge in [-0.15, -0.1) is 5.10 Å². The molecule has 0 aromatic carbocycles. The van der Waals surface area contributed by atoms with Crippen LogP contribution in [-0.2, 0) is 11.3 Å². The molecule has 0 saturated carbocycles. The van der Waals surface area contributed by atoms with Gasteiger partial charge in [0.2, 0.25) is 5.91 Å². The number of rotatable bonds is 5. The van der Waals surface area contributed by atoms with Crippen molar-refractivity contribution in [3.63, 3.8) is 0 Å². The first-order chi connectivity index (χ1) is 10.1. The second-order valence-electron chi connectivity index (χ2n) is 4.86. The van der Waals surface area contributed by atoms with Crippen molar-refractivity contribution >= 4 is 11.9 Å². The van der Waals surface area contributed by atoms with Gasteiger partial charge in [-0.2, -0.15) is 5.10 Å². The number of carboxylic acid groups (broad SMARTS) is 1. The SMILES string of the molecule is O=C(O)c1cn(C2CN(C(=O)CCn3cccn3)C2)nn1. The molecule has 0 atom stereocenters. The summed E-state index contributed by atoms with van der Waals surface area (Å²) in [6, 6.07) is 1.81. The Morgan fingerprint density at radius 2 is 2.19 bits per heavy atom. The molecule has 21 heavy (non-hydrogen) atoms. The summed E-state index contributed by atoms with van der Waals surface area (Å²) in [7, 11) is 0. The molecule has 0 aliphatic carbocycles. The Labute approximate surface area is 119 Å². The largest absolute Gasteiger partial charge is 0.476 e. The van der Waals surface area contributed by atoms with Crippen molar-refractivity contribution in [1.82, 2.24) is 29.7 Å². The van der Waals surface area contributed by atoms with Crippen molar-refractivity contribution in [1.29, 1.82) is 0 Å². The minimum atomic E-state index is -1.10. The molecule has 9 heteroatoms. The smallest absolute Gasteiger partial charge is 0.358 e. The van der Waals surface area contributed by atoms with Crippen molar-refractivity contribution in [2.75, 3.05) is 13.1 Å². The number of nitrogens with zero attached hydrogens (tertiary/aromatic N) is 6. The van der Waals surface area contributed by atoms with Gasteiger partial charge in [0, 0.05) is 38.4 Å². The molecule has 2 aromatic heterocycles. The highest BCUT2D eigenvalue weighted by atomic mass is 16.4. The summed E-state index contributed by atoms with van der Waals surface area (Å²) in [5, 5.41) is 20.2. The van der Waals surface area contributed by atoms with Gasteiger partial charge in [0.25, 0.3) is 0 Å². The van der Waals surface area contributed by atoms with Crippen molar-refractivity contribution in [2.24, 2.45) is 0 Å². The first kappa shape index (κ1) is 13.3. The predicted molar refractivity (Wildman–Crippen MR) is 69.4 cm³/mol. The number of hydrogen-bond acceptors (Lipinski definition) is 5. The molecule has 0 spiro atoms. The number of aryl methyl sites for hydroxylation is 1. The Balaban J connectivity index is 1.48. The molecule has 1 saturated heterocycles. The Kier molecular flexibility index (Phi) is 3.38. The van der Waals surface area contributed by atoms with Gasteiger partial charge in [-0.25, -0.2) is 9.48 Å². The second kappa shape index (κ2) is 5.35. The van der Waals surface area contributed by atoms with Crippen LogP contribution in [0.4, 0.5) is 0 Å². The van der Waals surface area contributed by atoms with E-state index in [1.807, 2.05) is 12.3 Å². The third-order valence-electron chi connectivity index (χ3n) is 3.43. The average Bonchev–Trinajstić information content (AvgIpc) is 3.06. The summed E-state index contributed by atoms with van der Waals surface area (Å²) in [5.74, 6) is -1.05. The van der Waals surface area contributed by atoms with Gasteiger partial charge in [-0.3, -0.25) is 9.48 Å². The zero-order chi connectivity index (χ0) is 14.8. The zero-order valence-corrected chi connectivity index (χ0v) is 11.2. The van der Waals surface area contributed by atoms with E-state index in [4.69, 9.17) is 5.11 Å². The van der Waals surface area contributed by atoms with E-state index in [1.54, 1.807) is 15.8 Å². The molecular formula is C12H14N6O3. The lowest BCUT2D eigenvalue weighted by Crippen LogP contribution is -2.51. The molecule has 1 aliphatic rings. The van der Waals surface area contributed by atoms with Crippen LogP contribution in [0.25, 0.3) is 0 Å². The van der Waals surface area contributed by atoms with Gasteiger partial charge in [-0.1, -0.05) is 5.21 Å². The maximum absolute atomic E-state index is 12.0. The summed E-state index contributed by atoms with van der Waals surface area (Å²) < 4.78 is 3.21. The van der Waals surface area contributed by atoms with Gasteiger partial charge in [-0.05, 0) is 6.07 Å². The molecular weight excluding hydrogens is 276 g/mol. The number of aromatic carboxylic acids is 1. The highest BCUT2D eigenvalue weighted by Gasteiger charge is 2.32. The fourth-order valence-electron chi connectivity index (χ4n) is 2.18. The maximum Gasteiger partial charge on any atom is 0.358 e. The molecule has 9 nitrogen and oxygen atoms in total. The first-order valence-electron chi connectivity index (χ1n) is 6.54. The van der Waals surface area contributed by atoms with E-state index in [0.717, 1.165) is 0 Å². The Hall–Kier alpha value is -2.71. The van der Waals surface area contributed by atoms with Crippen LogP contribution < -0.4 is 0 Å². The molecule has 3 heterocycles. The van der Waals surface area contributed by atoms with Crippen molar-refractivity contribution in [3.05, 3.63) is 30.4 Å².